The first kappa shape index (κ1) is 24.6. The maximum atomic E-state index is 14.6. The van der Waals surface area contributed by atoms with Crippen LogP contribution in [0.3, 0.4) is 0 Å². The molecular formula is C26H34O8. The van der Waals surface area contributed by atoms with Crippen LogP contribution in [0, 0.1) is 34.5 Å². The average Bonchev–Trinajstić information content (AvgIpc) is 3.07. The third-order valence-electron chi connectivity index (χ3n) is 8.48. The van der Waals surface area contributed by atoms with Crippen molar-refractivity contribution in [3.05, 3.63) is 11.6 Å². The Hall–Kier alpha value is -2.51. The summed E-state index contributed by atoms with van der Waals surface area (Å²) in [5, 5.41) is 0. The lowest BCUT2D eigenvalue weighted by Crippen LogP contribution is -2.57. The summed E-state index contributed by atoms with van der Waals surface area (Å²) in [5.74, 6) is -4.00. The Kier molecular flexibility index (Phi) is 5.61. The maximum absolute atomic E-state index is 14.6. The van der Waals surface area contributed by atoms with Crippen LogP contribution in [0.2, 0.25) is 0 Å². The first-order valence-corrected chi connectivity index (χ1v) is 12.0. The van der Waals surface area contributed by atoms with E-state index in [1.54, 1.807) is 0 Å². The number of hydrogen-bond acceptors (Lipinski definition) is 8. The minimum Gasteiger partial charge on any atom is -0.462 e. The minimum absolute atomic E-state index is 0.0127. The second-order valence-electron chi connectivity index (χ2n) is 11.5. The summed E-state index contributed by atoms with van der Waals surface area (Å²) in [7, 11) is 0. The van der Waals surface area contributed by atoms with Crippen LogP contribution >= 0.6 is 0 Å². The van der Waals surface area contributed by atoms with E-state index in [1.165, 1.54) is 20.8 Å². The molecule has 2 bridgehead atoms. The quantitative estimate of drug-likeness (QED) is 0.453. The van der Waals surface area contributed by atoms with Gasteiger partial charge in [0.25, 0.3) is 0 Å². The lowest BCUT2D eigenvalue weighted by molar-refractivity contribution is -0.188. The van der Waals surface area contributed by atoms with Gasteiger partial charge in [-0.1, -0.05) is 33.8 Å². The second kappa shape index (κ2) is 7.75. The standard InChI is InChI=1S/C26H34O8/c1-12-9-26(34-15(4)29)19(20(12)32-13(2)27)21(33-14(3)28)16-8-17-18(11-24(5,6)22(17)30)25(7,10-16)23(26)31/h8,12,16,18-21H,9-11H2,1-7H3/t12-,16+,18+,19+,20-,21-,25+,26+/m0/s1. The van der Waals surface area contributed by atoms with Gasteiger partial charge in [-0.15, -0.1) is 0 Å². The second-order valence-corrected chi connectivity index (χ2v) is 11.5. The molecule has 0 aliphatic heterocycles. The fourth-order valence-corrected chi connectivity index (χ4v) is 7.35. The molecule has 0 heterocycles. The number of hydrogen-bond donors (Lipinski definition) is 0. The molecule has 0 aromatic heterocycles. The molecule has 0 saturated heterocycles. The lowest BCUT2D eigenvalue weighted by atomic mass is 9.61. The van der Waals surface area contributed by atoms with Crippen LogP contribution in [0.5, 0.6) is 0 Å². The van der Waals surface area contributed by atoms with E-state index in [9.17, 15) is 24.0 Å². The largest absolute Gasteiger partial charge is 0.462 e. The summed E-state index contributed by atoms with van der Waals surface area (Å²) >= 11 is 0. The predicted octanol–water partition coefficient (Wildman–Crippen LogP) is 2.96. The molecule has 186 valence electrons. The lowest BCUT2D eigenvalue weighted by Gasteiger charge is -2.42. The van der Waals surface area contributed by atoms with E-state index in [-0.39, 0.29) is 29.8 Å². The van der Waals surface area contributed by atoms with E-state index in [0.717, 1.165) is 0 Å². The number of ketones is 2. The molecule has 34 heavy (non-hydrogen) atoms. The van der Waals surface area contributed by atoms with Crippen LogP contribution in [0.15, 0.2) is 11.6 Å². The number of fused-ring (bicyclic) bond motifs is 5. The van der Waals surface area contributed by atoms with E-state index in [2.05, 4.69) is 0 Å². The third-order valence-corrected chi connectivity index (χ3v) is 8.48. The highest BCUT2D eigenvalue weighted by Crippen LogP contribution is 2.63. The minimum atomic E-state index is -1.63. The van der Waals surface area contributed by atoms with Crippen molar-refractivity contribution >= 4 is 29.5 Å². The Balaban J connectivity index is 1.98. The number of carbonyl (C=O) groups is 5. The van der Waals surface area contributed by atoms with Crippen molar-refractivity contribution in [3.8, 4) is 0 Å². The zero-order valence-electron chi connectivity index (χ0n) is 20.9. The number of allylic oxidation sites excluding steroid dienone is 1. The smallest absolute Gasteiger partial charge is 0.303 e. The molecule has 0 radical (unpaired) electrons. The Morgan fingerprint density at radius 2 is 1.47 bits per heavy atom. The van der Waals surface area contributed by atoms with E-state index in [1.807, 2.05) is 33.8 Å². The van der Waals surface area contributed by atoms with Crippen molar-refractivity contribution in [1.29, 1.82) is 0 Å². The average molecular weight is 475 g/mol. The van der Waals surface area contributed by atoms with Crippen molar-refractivity contribution in [2.75, 3.05) is 0 Å². The zero-order chi connectivity index (χ0) is 25.4. The van der Waals surface area contributed by atoms with Crippen molar-refractivity contribution in [1.82, 2.24) is 0 Å². The summed E-state index contributed by atoms with van der Waals surface area (Å²) in [6, 6.07) is 0. The number of Topliss-reactive ketones (excluding diaryl/α,β-unsaturated/α-hetero) is 2. The van der Waals surface area contributed by atoms with Crippen molar-refractivity contribution in [2.24, 2.45) is 34.5 Å². The number of esters is 3. The molecule has 8 heteroatoms. The van der Waals surface area contributed by atoms with Gasteiger partial charge in [0.05, 0.1) is 5.92 Å². The van der Waals surface area contributed by atoms with Gasteiger partial charge in [-0.2, -0.15) is 0 Å². The molecule has 8 atom stereocenters. The zero-order valence-corrected chi connectivity index (χ0v) is 20.9. The van der Waals surface area contributed by atoms with E-state index in [0.29, 0.717) is 18.4 Å². The molecule has 0 N–H and O–H groups in total. The molecule has 4 rings (SSSR count). The summed E-state index contributed by atoms with van der Waals surface area (Å²) in [4.78, 5) is 64.6. The molecule has 4 aliphatic carbocycles. The van der Waals surface area contributed by atoms with Gasteiger partial charge >= 0.3 is 17.9 Å². The Morgan fingerprint density at radius 3 is 2.03 bits per heavy atom. The number of rotatable bonds is 3. The van der Waals surface area contributed by atoms with Crippen molar-refractivity contribution in [2.45, 2.75) is 85.5 Å². The molecule has 4 aliphatic rings. The van der Waals surface area contributed by atoms with Gasteiger partial charge in [0.2, 0.25) is 0 Å². The summed E-state index contributed by atoms with van der Waals surface area (Å²) in [5.41, 5.74) is -2.68. The Labute approximate surface area is 199 Å². The van der Waals surface area contributed by atoms with Gasteiger partial charge in [0.15, 0.2) is 17.2 Å². The topological polar surface area (TPSA) is 113 Å². The molecular weight excluding hydrogens is 440 g/mol. The van der Waals surface area contributed by atoms with Gasteiger partial charge in [-0.3, -0.25) is 24.0 Å². The molecule has 8 nitrogen and oxygen atoms in total. The SMILES string of the molecule is CC(=O)O[C@@H]1[C@H]2[C@@H](OC(C)=O)[C@@H](C)C[C@]2(OC(C)=O)C(=O)[C@]2(C)C[C@H]1C=C1C(=O)C(C)(C)C[C@H]12. The number of carbonyl (C=O) groups excluding carboxylic acids is 5. The van der Waals surface area contributed by atoms with Gasteiger partial charge in [0.1, 0.15) is 12.2 Å². The van der Waals surface area contributed by atoms with Gasteiger partial charge < -0.3 is 14.2 Å². The van der Waals surface area contributed by atoms with E-state index in [4.69, 9.17) is 14.2 Å². The van der Waals surface area contributed by atoms with E-state index < -0.39 is 58.4 Å². The highest BCUT2D eigenvalue weighted by molar-refractivity contribution is 6.05. The fourth-order valence-electron chi connectivity index (χ4n) is 7.35. The van der Waals surface area contributed by atoms with Gasteiger partial charge in [-0.25, -0.2) is 0 Å². The molecule has 3 fully saturated rings. The summed E-state index contributed by atoms with van der Waals surface area (Å²) in [6.45, 7) is 11.2. The molecule has 0 unspecified atom stereocenters. The van der Waals surface area contributed by atoms with Crippen LogP contribution in [0.1, 0.15) is 67.7 Å². The fraction of sp³-hybridized carbons (Fsp3) is 0.731. The predicted molar refractivity (Wildman–Crippen MR) is 119 cm³/mol. The third kappa shape index (κ3) is 3.43. The van der Waals surface area contributed by atoms with Crippen LogP contribution in [-0.4, -0.2) is 47.3 Å². The van der Waals surface area contributed by atoms with Crippen LogP contribution < -0.4 is 0 Å². The molecule has 0 aromatic carbocycles. The van der Waals surface area contributed by atoms with Crippen LogP contribution in [0.25, 0.3) is 0 Å². The van der Waals surface area contributed by atoms with Gasteiger partial charge in [0, 0.05) is 49.9 Å². The summed E-state index contributed by atoms with van der Waals surface area (Å²) in [6.07, 6.45) is 1.17. The maximum Gasteiger partial charge on any atom is 0.303 e. The normalized spacial score (nSPS) is 42.1. The van der Waals surface area contributed by atoms with Crippen LogP contribution in [0.4, 0.5) is 0 Å². The first-order valence-electron chi connectivity index (χ1n) is 12.0. The molecule has 0 aromatic rings. The monoisotopic (exact) mass is 474 g/mol. The van der Waals surface area contributed by atoms with Crippen LogP contribution in [-0.2, 0) is 38.2 Å². The molecule has 0 spiro atoms. The van der Waals surface area contributed by atoms with Crippen molar-refractivity contribution < 1.29 is 38.2 Å². The van der Waals surface area contributed by atoms with E-state index >= 15 is 0 Å². The first-order chi connectivity index (χ1) is 15.6. The summed E-state index contributed by atoms with van der Waals surface area (Å²) < 4.78 is 17.4. The highest BCUT2D eigenvalue weighted by Gasteiger charge is 2.72. The Morgan fingerprint density at radius 1 is 0.882 bits per heavy atom. The molecule has 0 amide bonds. The highest BCUT2D eigenvalue weighted by atomic mass is 16.6. The number of ether oxygens (including phenoxy) is 3. The Bertz CT molecular complexity index is 1010. The van der Waals surface area contributed by atoms with Gasteiger partial charge in [-0.05, 0) is 24.3 Å². The van der Waals surface area contributed by atoms with Crippen molar-refractivity contribution in [3.63, 3.8) is 0 Å². The molecule has 3 saturated carbocycles.